The van der Waals surface area contributed by atoms with Crippen LogP contribution >= 0.6 is 0 Å². The lowest BCUT2D eigenvalue weighted by molar-refractivity contribution is 0.155. The first kappa shape index (κ1) is 10.0. The van der Waals surface area contributed by atoms with E-state index in [1.165, 1.54) is 0 Å². The number of aromatic hydroxyl groups is 1. The van der Waals surface area contributed by atoms with E-state index in [4.69, 9.17) is 5.26 Å². The van der Waals surface area contributed by atoms with Crippen LogP contribution in [0.4, 0.5) is 0 Å². The second kappa shape index (κ2) is 3.92. The van der Waals surface area contributed by atoms with E-state index in [-0.39, 0.29) is 5.75 Å². The summed E-state index contributed by atoms with van der Waals surface area (Å²) in [5.41, 5.74) is 1.43. The minimum atomic E-state index is 0.259. The average molecular weight is 202 g/mol. The maximum atomic E-state index is 9.75. The highest BCUT2D eigenvalue weighted by Crippen LogP contribution is 2.34. The zero-order valence-electron chi connectivity index (χ0n) is 8.77. The van der Waals surface area contributed by atoms with E-state index in [2.05, 4.69) is 17.9 Å². The molecule has 1 aliphatic rings. The van der Waals surface area contributed by atoms with Gasteiger partial charge in [-0.25, -0.2) is 0 Å². The summed E-state index contributed by atoms with van der Waals surface area (Å²) in [4.78, 5) is 2.29. The molecular formula is C12H14N2O. The summed E-state index contributed by atoms with van der Waals surface area (Å²) in [5.74, 6) is 0.579. The van der Waals surface area contributed by atoms with E-state index in [0.29, 0.717) is 11.5 Å². The quantitative estimate of drug-likeness (QED) is 0.793. The molecule has 0 radical (unpaired) electrons. The number of nitriles is 1. The van der Waals surface area contributed by atoms with Crippen LogP contribution in [0.15, 0.2) is 18.2 Å². The molecule has 1 heterocycles. The minimum absolute atomic E-state index is 0.259. The molecule has 1 N–H and O–H groups in total. The predicted octanol–water partition coefficient (Wildman–Crippen LogP) is 1.68. The van der Waals surface area contributed by atoms with Gasteiger partial charge in [-0.15, -0.1) is 0 Å². The Morgan fingerprint density at radius 2 is 2.27 bits per heavy atom. The third kappa shape index (κ3) is 1.69. The smallest absolute Gasteiger partial charge is 0.120 e. The van der Waals surface area contributed by atoms with E-state index in [1.54, 1.807) is 18.2 Å². The maximum absolute atomic E-state index is 9.75. The van der Waals surface area contributed by atoms with Gasteiger partial charge in [-0.2, -0.15) is 5.26 Å². The molecular weight excluding hydrogens is 188 g/mol. The second-order valence-electron chi connectivity index (χ2n) is 3.90. The van der Waals surface area contributed by atoms with E-state index < -0.39 is 0 Å². The lowest BCUT2D eigenvalue weighted by Gasteiger charge is -2.39. The molecule has 1 saturated heterocycles. The molecule has 1 aliphatic heterocycles. The molecule has 78 valence electrons. The van der Waals surface area contributed by atoms with Crippen LogP contribution in [0.5, 0.6) is 5.75 Å². The Kier molecular flexibility index (Phi) is 2.61. The van der Waals surface area contributed by atoms with Gasteiger partial charge in [0.2, 0.25) is 0 Å². The molecule has 0 amide bonds. The Balaban J connectivity index is 2.25. The molecule has 1 aromatic carbocycles. The number of likely N-dealkylation sites (N-methyl/N-ethyl adjacent to an activating group) is 1. The van der Waals surface area contributed by atoms with Crippen molar-refractivity contribution in [2.75, 3.05) is 19.6 Å². The normalized spacial score (nSPS) is 17.1. The van der Waals surface area contributed by atoms with E-state index in [1.807, 2.05) is 0 Å². The first-order valence-corrected chi connectivity index (χ1v) is 5.20. The molecule has 0 saturated carbocycles. The van der Waals surface area contributed by atoms with Gasteiger partial charge in [-0.05, 0) is 18.7 Å². The molecule has 0 spiro atoms. The molecule has 0 atom stereocenters. The molecule has 1 aromatic rings. The van der Waals surface area contributed by atoms with E-state index in [9.17, 15) is 5.11 Å². The van der Waals surface area contributed by atoms with Gasteiger partial charge >= 0.3 is 0 Å². The van der Waals surface area contributed by atoms with Gasteiger partial charge in [-0.3, -0.25) is 0 Å². The van der Waals surface area contributed by atoms with Gasteiger partial charge in [-0.1, -0.05) is 13.0 Å². The summed E-state index contributed by atoms with van der Waals surface area (Å²) >= 11 is 0. The Morgan fingerprint density at radius 1 is 1.53 bits per heavy atom. The highest BCUT2D eigenvalue weighted by molar-refractivity contribution is 5.49. The summed E-state index contributed by atoms with van der Waals surface area (Å²) in [5, 5.41) is 18.7. The highest BCUT2D eigenvalue weighted by atomic mass is 16.3. The molecule has 1 fully saturated rings. The van der Waals surface area contributed by atoms with Crippen molar-refractivity contribution < 1.29 is 5.11 Å². The third-order valence-electron chi connectivity index (χ3n) is 3.02. The van der Waals surface area contributed by atoms with E-state index >= 15 is 0 Å². The van der Waals surface area contributed by atoms with Gasteiger partial charge < -0.3 is 10.0 Å². The van der Waals surface area contributed by atoms with Crippen molar-refractivity contribution in [2.45, 2.75) is 12.8 Å². The van der Waals surface area contributed by atoms with Crippen molar-refractivity contribution >= 4 is 0 Å². The number of nitrogens with zero attached hydrogens (tertiary/aromatic N) is 2. The van der Waals surface area contributed by atoms with Crippen LogP contribution in [-0.2, 0) is 0 Å². The fourth-order valence-electron chi connectivity index (χ4n) is 2.09. The average Bonchev–Trinajstić information content (AvgIpc) is 2.18. The number of likely N-dealkylation sites (tertiary alicyclic amines) is 1. The van der Waals surface area contributed by atoms with Crippen molar-refractivity contribution in [3.63, 3.8) is 0 Å². The number of rotatable bonds is 2. The third-order valence-corrected chi connectivity index (χ3v) is 3.02. The fraction of sp³-hybridized carbons (Fsp3) is 0.417. The number of benzene rings is 1. The van der Waals surface area contributed by atoms with Gasteiger partial charge in [0, 0.05) is 24.6 Å². The van der Waals surface area contributed by atoms with Gasteiger partial charge in [0.25, 0.3) is 0 Å². The molecule has 2 rings (SSSR count). The van der Waals surface area contributed by atoms with Crippen molar-refractivity contribution in [1.82, 2.24) is 4.90 Å². The Labute approximate surface area is 89.6 Å². The van der Waals surface area contributed by atoms with Crippen LogP contribution in [0.3, 0.4) is 0 Å². The first-order chi connectivity index (χ1) is 7.26. The lowest BCUT2D eigenvalue weighted by atomic mass is 9.87. The maximum Gasteiger partial charge on any atom is 0.120 e. The Morgan fingerprint density at radius 3 is 2.87 bits per heavy atom. The van der Waals surface area contributed by atoms with Crippen LogP contribution in [0.25, 0.3) is 0 Å². The van der Waals surface area contributed by atoms with Crippen LogP contribution in [0.1, 0.15) is 24.0 Å². The monoisotopic (exact) mass is 202 g/mol. The van der Waals surface area contributed by atoms with Gasteiger partial charge in [0.1, 0.15) is 5.75 Å². The molecule has 0 aromatic heterocycles. The lowest BCUT2D eigenvalue weighted by Crippen LogP contribution is -2.44. The number of phenolic OH excluding ortho intramolecular Hbond substituents is 1. The van der Waals surface area contributed by atoms with Crippen LogP contribution in [0, 0.1) is 11.3 Å². The molecule has 0 unspecified atom stereocenters. The summed E-state index contributed by atoms with van der Waals surface area (Å²) in [6, 6.07) is 7.28. The largest absolute Gasteiger partial charge is 0.508 e. The Bertz CT molecular complexity index is 403. The zero-order chi connectivity index (χ0) is 10.8. The van der Waals surface area contributed by atoms with Crippen molar-refractivity contribution in [3.8, 4) is 11.8 Å². The second-order valence-corrected chi connectivity index (χ2v) is 3.90. The molecule has 15 heavy (non-hydrogen) atoms. The summed E-state index contributed by atoms with van der Waals surface area (Å²) in [7, 11) is 0. The highest BCUT2D eigenvalue weighted by Gasteiger charge is 2.30. The molecule has 3 nitrogen and oxygen atoms in total. The minimum Gasteiger partial charge on any atom is -0.508 e. The van der Waals surface area contributed by atoms with Crippen LogP contribution < -0.4 is 0 Å². The number of hydrogen-bond acceptors (Lipinski definition) is 3. The topological polar surface area (TPSA) is 47.3 Å². The number of phenols is 1. The molecule has 3 heteroatoms. The van der Waals surface area contributed by atoms with Crippen molar-refractivity contribution in [2.24, 2.45) is 0 Å². The zero-order valence-corrected chi connectivity index (χ0v) is 8.77. The fourth-order valence-corrected chi connectivity index (χ4v) is 2.09. The van der Waals surface area contributed by atoms with E-state index in [0.717, 1.165) is 25.2 Å². The molecule has 0 bridgehead atoms. The summed E-state index contributed by atoms with van der Waals surface area (Å²) in [6.07, 6.45) is 0. The standard InChI is InChI=1S/C12H14N2O/c1-2-14-7-10(8-14)12-9(6-13)4-3-5-11(12)15/h3-5,10,15H,2,7-8H2,1H3. The molecule has 0 aliphatic carbocycles. The van der Waals surface area contributed by atoms with Crippen molar-refractivity contribution in [3.05, 3.63) is 29.3 Å². The number of hydrogen-bond donors (Lipinski definition) is 1. The van der Waals surface area contributed by atoms with Crippen molar-refractivity contribution in [1.29, 1.82) is 5.26 Å². The first-order valence-electron chi connectivity index (χ1n) is 5.20. The SMILES string of the molecule is CCN1CC(c2c(O)cccc2C#N)C1. The Hall–Kier alpha value is -1.53. The summed E-state index contributed by atoms with van der Waals surface area (Å²) in [6.45, 7) is 5.05. The van der Waals surface area contributed by atoms with Gasteiger partial charge in [0.15, 0.2) is 0 Å². The summed E-state index contributed by atoms with van der Waals surface area (Å²) < 4.78 is 0. The van der Waals surface area contributed by atoms with Crippen LogP contribution in [0.2, 0.25) is 0 Å². The van der Waals surface area contributed by atoms with Gasteiger partial charge in [0.05, 0.1) is 11.6 Å². The predicted molar refractivity (Wildman–Crippen MR) is 57.7 cm³/mol. The van der Waals surface area contributed by atoms with Crippen LogP contribution in [-0.4, -0.2) is 29.6 Å².